The Morgan fingerprint density at radius 1 is 0.912 bits per heavy atom. The molecule has 34 heavy (non-hydrogen) atoms. The van der Waals surface area contributed by atoms with E-state index in [1.54, 1.807) is 24.3 Å². The number of para-hydroxylation sites is 1. The van der Waals surface area contributed by atoms with E-state index in [0.29, 0.717) is 35.2 Å². The van der Waals surface area contributed by atoms with E-state index in [-0.39, 0.29) is 10.5 Å². The third-order valence-corrected chi connectivity index (χ3v) is 7.48. The Bertz CT molecular complexity index is 1300. The van der Waals surface area contributed by atoms with Gasteiger partial charge < -0.3 is 19.5 Å². The van der Waals surface area contributed by atoms with Gasteiger partial charge in [0.15, 0.2) is 11.5 Å². The average molecular weight is 483 g/mol. The highest BCUT2D eigenvalue weighted by atomic mass is 32.2. The van der Waals surface area contributed by atoms with E-state index in [1.807, 2.05) is 24.3 Å². The first-order valence-electron chi connectivity index (χ1n) is 10.7. The fourth-order valence-corrected chi connectivity index (χ4v) is 5.62. The van der Waals surface area contributed by atoms with Gasteiger partial charge in [-0.25, -0.2) is 8.42 Å². The van der Waals surface area contributed by atoms with Crippen LogP contribution in [0.25, 0.3) is 0 Å². The number of amides is 1. The molecular formula is C25H26N2O6S. The molecule has 9 heteroatoms. The largest absolute Gasteiger partial charge is 0.493 e. The van der Waals surface area contributed by atoms with Gasteiger partial charge in [-0.1, -0.05) is 24.3 Å². The SMILES string of the molecule is COc1cc(NC(=O)c2cccc(S(=O)(=O)N3CCCc4ccccc43)c2)cc(OC)c1OC. The van der Waals surface area contributed by atoms with Crippen LogP contribution in [0.15, 0.2) is 65.6 Å². The molecule has 0 bridgehead atoms. The number of ether oxygens (including phenoxy) is 3. The van der Waals surface area contributed by atoms with Crippen molar-refractivity contribution >= 4 is 27.3 Å². The number of hydrogen-bond donors (Lipinski definition) is 1. The zero-order valence-electron chi connectivity index (χ0n) is 19.2. The topological polar surface area (TPSA) is 94.2 Å². The molecule has 8 nitrogen and oxygen atoms in total. The van der Waals surface area contributed by atoms with Gasteiger partial charge in [-0.15, -0.1) is 0 Å². The van der Waals surface area contributed by atoms with E-state index >= 15 is 0 Å². The number of carbonyl (C=O) groups is 1. The molecule has 0 atom stereocenters. The van der Waals surface area contributed by atoms with Gasteiger partial charge in [0, 0.05) is 29.9 Å². The van der Waals surface area contributed by atoms with Gasteiger partial charge in [0.25, 0.3) is 15.9 Å². The summed E-state index contributed by atoms with van der Waals surface area (Å²) in [6, 6.07) is 16.7. The molecule has 0 radical (unpaired) electrons. The lowest BCUT2D eigenvalue weighted by atomic mass is 10.0. The Kier molecular flexibility index (Phi) is 6.65. The van der Waals surface area contributed by atoms with E-state index < -0.39 is 15.9 Å². The summed E-state index contributed by atoms with van der Waals surface area (Å²) < 4.78 is 44.3. The van der Waals surface area contributed by atoms with Crippen molar-refractivity contribution in [2.24, 2.45) is 0 Å². The average Bonchev–Trinajstić information content (AvgIpc) is 2.87. The zero-order chi connectivity index (χ0) is 24.3. The first-order valence-corrected chi connectivity index (χ1v) is 12.1. The standard InChI is InChI=1S/C25H26N2O6S/c1-31-22-15-19(16-23(32-2)24(22)33-3)26-25(28)18-9-6-11-20(14-18)34(29,30)27-13-7-10-17-8-4-5-12-21(17)27/h4-6,8-9,11-12,14-16H,7,10,13H2,1-3H3,(H,26,28). The Labute approximate surface area is 199 Å². The lowest BCUT2D eigenvalue weighted by Crippen LogP contribution is -2.35. The van der Waals surface area contributed by atoms with E-state index in [1.165, 1.54) is 37.8 Å². The number of rotatable bonds is 7. The first-order chi connectivity index (χ1) is 16.4. The molecule has 0 aromatic heterocycles. The second-order valence-electron chi connectivity index (χ2n) is 7.71. The number of methoxy groups -OCH3 is 3. The van der Waals surface area contributed by atoms with E-state index in [4.69, 9.17) is 14.2 Å². The van der Waals surface area contributed by atoms with Gasteiger partial charge in [0.2, 0.25) is 5.75 Å². The van der Waals surface area contributed by atoms with E-state index in [2.05, 4.69) is 5.32 Å². The van der Waals surface area contributed by atoms with Crippen molar-refractivity contribution in [3.63, 3.8) is 0 Å². The summed E-state index contributed by atoms with van der Waals surface area (Å²) in [5, 5.41) is 2.77. The van der Waals surface area contributed by atoms with Crippen LogP contribution >= 0.6 is 0 Å². The fourth-order valence-electron chi connectivity index (χ4n) is 4.03. The van der Waals surface area contributed by atoms with Crippen molar-refractivity contribution in [3.8, 4) is 17.2 Å². The van der Waals surface area contributed by atoms with Crippen LogP contribution < -0.4 is 23.8 Å². The highest BCUT2D eigenvalue weighted by molar-refractivity contribution is 7.92. The number of nitrogens with zero attached hydrogens (tertiary/aromatic N) is 1. The number of carbonyl (C=O) groups excluding carboxylic acids is 1. The van der Waals surface area contributed by atoms with Crippen molar-refractivity contribution in [3.05, 3.63) is 71.8 Å². The van der Waals surface area contributed by atoms with Gasteiger partial charge in [-0.05, 0) is 42.7 Å². The van der Waals surface area contributed by atoms with E-state index in [0.717, 1.165) is 18.4 Å². The molecule has 4 rings (SSSR count). The number of benzene rings is 3. The zero-order valence-corrected chi connectivity index (χ0v) is 20.0. The number of fused-ring (bicyclic) bond motifs is 1. The summed E-state index contributed by atoms with van der Waals surface area (Å²) in [4.78, 5) is 13.0. The normalized spacial score (nSPS) is 13.1. The van der Waals surface area contributed by atoms with Gasteiger partial charge in [-0.2, -0.15) is 0 Å². The first kappa shape index (κ1) is 23.4. The number of sulfonamides is 1. The summed E-state index contributed by atoms with van der Waals surface area (Å²) in [5.41, 5.74) is 2.30. The van der Waals surface area contributed by atoms with E-state index in [9.17, 15) is 13.2 Å². The second-order valence-corrected chi connectivity index (χ2v) is 9.57. The van der Waals surface area contributed by atoms with Crippen LogP contribution in [0.4, 0.5) is 11.4 Å². The van der Waals surface area contributed by atoms with Crippen molar-refractivity contribution in [2.45, 2.75) is 17.7 Å². The Hall–Kier alpha value is -3.72. The monoisotopic (exact) mass is 482 g/mol. The minimum Gasteiger partial charge on any atom is -0.493 e. The quantitative estimate of drug-likeness (QED) is 0.545. The van der Waals surface area contributed by atoms with Crippen molar-refractivity contribution in [2.75, 3.05) is 37.5 Å². The van der Waals surface area contributed by atoms with Gasteiger partial charge in [-0.3, -0.25) is 9.10 Å². The molecule has 0 unspecified atom stereocenters. The van der Waals surface area contributed by atoms with Crippen LogP contribution in [0, 0.1) is 0 Å². The molecule has 0 saturated carbocycles. The van der Waals surface area contributed by atoms with Crippen LogP contribution in [0.2, 0.25) is 0 Å². The summed E-state index contributed by atoms with van der Waals surface area (Å²) in [6.45, 7) is 0.390. The molecule has 0 saturated heterocycles. The molecule has 0 fully saturated rings. The molecule has 178 valence electrons. The van der Waals surface area contributed by atoms with Crippen LogP contribution in [0.3, 0.4) is 0 Å². The summed E-state index contributed by atoms with van der Waals surface area (Å²) in [6.07, 6.45) is 1.57. The molecule has 0 aliphatic carbocycles. The van der Waals surface area contributed by atoms with Gasteiger partial charge >= 0.3 is 0 Å². The van der Waals surface area contributed by atoms with Crippen molar-refractivity contribution in [1.29, 1.82) is 0 Å². The lowest BCUT2D eigenvalue weighted by molar-refractivity contribution is 0.102. The predicted molar refractivity (Wildman–Crippen MR) is 130 cm³/mol. The molecule has 3 aromatic carbocycles. The molecule has 1 N–H and O–H groups in total. The summed E-state index contributed by atoms with van der Waals surface area (Å²) in [7, 11) is 0.618. The second kappa shape index (κ2) is 9.64. The smallest absolute Gasteiger partial charge is 0.264 e. The summed E-state index contributed by atoms with van der Waals surface area (Å²) >= 11 is 0. The number of anilines is 2. The predicted octanol–water partition coefficient (Wildman–Crippen LogP) is 4.11. The molecule has 1 aliphatic rings. The maximum absolute atomic E-state index is 13.5. The Morgan fingerprint density at radius 3 is 2.29 bits per heavy atom. The number of nitrogens with one attached hydrogen (secondary N) is 1. The minimum absolute atomic E-state index is 0.0572. The minimum atomic E-state index is -3.84. The van der Waals surface area contributed by atoms with Crippen LogP contribution in [-0.2, 0) is 16.4 Å². The van der Waals surface area contributed by atoms with Crippen LogP contribution in [-0.4, -0.2) is 42.2 Å². The molecular weight excluding hydrogens is 456 g/mol. The highest BCUT2D eigenvalue weighted by Crippen LogP contribution is 2.40. The Balaban J connectivity index is 1.63. The number of hydrogen-bond acceptors (Lipinski definition) is 6. The molecule has 1 amide bonds. The van der Waals surface area contributed by atoms with Gasteiger partial charge in [0.05, 0.1) is 31.9 Å². The molecule has 1 aliphatic heterocycles. The number of aryl methyl sites for hydroxylation is 1. The van der Waals surface area contributed by atoms with Crippen molar-refractivity contribution < 1.29 is 27.4 Å². The van der Waals surface area contributed by atoms with Crippen LogP contribution in [0.5, 0.6) is 17.2 Å². The fraction of sp³-hybridized carbons (Fsp3) is 0.240. The van der Waals surface area contributed by atoms with Crippen molar-refractivity contribution in [1.82, 2.24) is 0 Å². The highest BCUT2D eigenvalue weighted by Gasteiger charge is 2.29. The van der Waals surface area contributed by atoms with Gasteiger partial charge in [0.1, 0.15) is 0 Å². The molecule has 3 aromatic rings. The third kappa shape index (κ3) is 4.38. The molecule has 0 spiro atoms. The van der Waals surface area contributed by atoms with Crippen LogP contribution in [0.1, 0.15) is 22.3 Å². The maximum atomic E-state index is 13.5. The Morgan fingerprint density at radius 2 is 1.62 bits per heavy atom. The maximum Gasteiger partial charge on any atom is 0.264 e. The molecule has 1 heterocycles. The third-order valence-electron chi connectivity index (χ3n) is 5.67. The lowest BCUT2D eigenvalue weighted by Gasteiger charge is -2.30. The summed E-state index contributed by atoms with van der Waals surface area (Å²) in [5.74, 6) is 0.706.